The van der Waals surface area contributed by atoms with Crippen molar-refractivity contribution in [1.29, 1.82) is 0 Å². The van der Waals surface area contributed by atoms with Crippen molar-refractivity contribution in [3.63, 3.8) is 0 Å². The number of aryl methyl sites for hydroxylation is 1. The number of carboxylic acids is 1. The van der Waals surface area contributed by atoms with Gasteiger partial charge in [-0.25, -0.2) is 4.79 Å². The molecule has 2 amide bonds. The predicted octanol–water partition coefficient (Wildman–Crippen LogP) is 1.27. The molecule has 0 unspecified atom stereocenters. The topological polar surface area (TPSA) is 69.6 Å². The van der Waals surface area contributed by atoms with Crippen LogP contribution in [0.2, 0.25) is 0 Å². The van der Waals surface area contributed by atoms with Crippen LogP contribution in [0.4, 0.5) is 4.79 Å². The van der Waals surface area contributed by atoms with Crippen molar-refractivity contribution in [3.05, 3.63) is 35.4 Å². The average Bonchev–Trinajstić information content (AvgIpc) is 2.40. The molecule has 0 saturated heterocycles. The van der Waals surface area contributed by atoms with E-state index in [1.54, 1.807) is 0 Å². The normalized spacial score (nSPS) is 9.60. The van der Waals surface area contributed by atoms with E-state index >= 15 is 0 Å². The van der Waals surface area contributed by atoms with Crippen molar-refractivity contribution in [2.45, 2.75) is 13.3 Å². The highest BCUT2D eigenvalue weighted by atomic mass is 16.4. The Morgan fingerprint density at radius 1 is 1.40 bits per heavy atom. The monoisotopic (exact) mass is 274 g/mol. The van der Waals surface area contributed by atoms with Crippen molar-refractivity contribution in [1.82, 2.24) is 10.2 Å². The van der Waals surface area contributed by atoms with E-state index in [4.69, 9.17) is 11.5 Å². The zero-order valence-corrected chi connectivity index (χ0v) is 11.4. The molecule has 5 nitrogen and oxygen atoms in total. The van der Waals surface area contributed by atoms with Crippen LogP contribution in [-0.4, -0.2) is 41.6 Å². The standard InChI is InChI=1S/C15H18N2O3/c1-3-10-17(11-14(18)19)15(20)16-9-8-13-7-5-4-6-12(13)2/h1,4-7H,8-11H2,2H3,(H,16,20)(H,18,19). The van der Waals surface area contributed by atoms with Gasteiger partial charge in [0.25, 0.3) is 0 Å². The lowest BCUT2D eigenvalue weighted by Crippen LogP contribution is -2.43. The van der Waals surface area contributed by atoms with Crippen LogP contribution in [-0.2, 0) is 11.2 Å². The van der Waals surface area contributed by atoms with Gasteiger partial charge in [-0.05, 0) is 24.5 Å². The fourth-order valence-corrected chi connectivity index (χ4v) is 1.78. The Morgan fingerprint density at radius 3 is 2.70 bits per heavy atom. The Labute approximate surface area is 118 Å². The van der Waals surface area contributed by atoms with Gasteiger partial charge in [0.2, 0.25) is 0 Å². The second-order valence-electron chi connectivity index (χ2n) is 4.36. The first-order valence-corrected chi connectivity index (χ1v) is 6.27. The molecule has 1 aromatic carbocycles. The van der Waals surface area contributed by atoms with Crippen molar-refractivity contribution in [2.24, 2.45) is 0 Å². The van der Waals surface area contributed by atoms with Gasteiger partial charge in [0.05, 0.1) is 6.54 Å². The summed E-state index contributed by atoms with van der Waals surface area (Å²) in [5, 5.41) is 11.4. The van der Waals surface area contributed by atoms with Crippen molar-refractivity contribution >= 4 is 12.0 Å². The summed E-state index contributed by atoms with van der Waals surface area (Å²) < 4.78 is 0. The second kappa shape index (κ2) is 7.85. The Hall–Kier alpha value is -2.48. The molecule has 1 rings (SSSR count). The molecule has 2 N–H and O–H groups in total. The highest BCUT2D eigenvalue weighted by Crippen LogP contribution is 2.06. The summed E-state index contributed by atoms with van der Waals surface area (Å²) in [7, 11) is 0. The van der Waals surface area contributed by atoms with E-state index in [1.807, 2.05) is 31.2 Å². The number of nitrogens with zero attached hydrogens (tertiary/aromatic N) is 1. The highest BCUT2D eigenvalue weighted by molar-refractivity contribution is 5.80. The Bertz CT molecular complexity index is 520. The van der Waals surface area contributed by atoms with Crippen LogP contribution in [0.15, 0.2) is 24.3 Å². The number of amides is 2. The van der Waals surface area contributed by atoms with E-state index in [1.165, 1.54) is 0 Å². The number of terminal acetylenes is 1. The molecule has 20 heavy (non-hydrogen) atoms. The number of urea groups is 1. The zero-order valence-electron chi connectivity index (χ0n) is 11.4. The molecule has 0 saturated carbocycles. The first-order valence-electron chi connectivity index (χ1n) is 6.27. The molecule has 0 bridgehead atoms. The number of nitrogens with one attached hydrogen (secondary N) is 1. The third-order valence-electron chi connectivity index (χ3n) is 2.83. The molecular weight excluding hydrogens is 256 g/mol. The number of rotatable bonds is 6. The van der Waals surface area contributed by atoms with Gasteiger partial charge >= 0.3 is 12.0 Å². The molecule has 0 aliphatic heterocycles. The molecule has 5 heteroatoms. The average molecular weight is 274 g/mol. The minimum absolute atomic E-state index is 0.0253. The zero-order chi connectivity index (χ0) is 15.0. The van der Waals surface area contributed by atoms with E-state index in [0.717, 1.165) is 16.0 Å². The number of aliphatic carboxylic acids is 1. The lowest BCUT2D eigenvalue weighted by atomic mass is 10.1. The fourth-order valence-electron chi connectivity index (χ4n) is 1.78. The van der Waals surface area contributed by atoms with Gasteiger partial charge < -0.3 is 15.3 Å². The minimum atomic E-state index is -1.09. The van der Waals surface area contributed by atoms with Gasteiger partial charge in [-0.15, -0.1) is 6.42 Å². The molecule has 0 aliphatic carbocycles. The molecule has 0 atom stereocenters. The molecule has 0 spiro atoms. The van der Waals surface area contributed by atoms with Gasteiger partial charge in [0.1, 0.15) is 6.54 Å². The van der Waals surface area contributed by atoms with Crippen LogP contribution in [0.1, 0.15) is 11.1 Å². The van der Waals surface area contributed by atoms with Crippen molar-refractivity contribution in [3.8, 4) is 12.3 Å². The SMILES string of the molecule is C#CCN(CC(=O)O)C(=O)NCCc1ccccc1C. The number of benzene rings is 1. The number of carboxylic acid groups (broad SMARTS) is 1. The summed E-state index contributed by atoms with van der Waals surface area (Å²) in [5.41, 5.74) is 2.31. The van der Waals surface area contributed by atoms with Crippen molar-refractivity contribution < 1.29 is 14.7 Å². The molecule has 106 valence electrons. The van der Waals surface area contributed by atoms with Gasteiger partial charge in [-0.1, -0.05) is 30.2 Å². The Morgan fingerprint density at radius 2 is 2.10 bits per heavy atom. The summed E-state index contributed by atoms with van der Waals surface area (Å²) >= 11 is 0. The number of hydrogen-bond donors (Lipinski definition) is 2. The lowest BCUT2D eigenvalue weighted by Gasteiger charge is -2.18. The molecule has 0 fully saturated rings. The van der Waals surface area contributed by atoms with Gasteiger partial charge in [0, 0.05) is 6.54 Å². The van der Waals surface area contributed by atoms with Crippen LogP contribution in [0.5, 0.6) is 0 Å². The first kappa shape index (κ1) is 15.6. The van der Waals surface area contributed by atoms with E-state index < -0.39 is 18.5 Å². The van der Waals surface area contributed by atoms with Crippen LogP contribution >= 0.6 is 0 Å². The molecule has 0 radical (unpaired) electrons. The van der Waals surface area contributed by atoms with E-state index in [9.17, 15) is 9.59 Å². The van der Waals surface area contributed by atoms with Crippen LogP contribution in [0.3, 0.4) is 0 Å². The third kappa shape index (κ3) is 5.02. The Balaban J connectivity index is 2.47. The van der Waals surface area contributed by atoms with Crippen LogP contribution in [0.25, 0.3) is 0 Å². The van der Waals surface area contributed by atoms with Crippen LogP contribution < -0.4 is 5.32 Å². The molecule has 0 aromatic heterocycles. The first-order chi connectivity index (χ1) is 9.54. The van der Waals surface area contributed by atoms with Crippen molar-refractivity contribution in [2.75, 3.05) is 19.6 Å². The van der Waals surface area contributed by atoms with Crippen LogP contribution in [0, 0.1) is 19.3 Å². The molecule has 1 aromatic rings. The highest BCUT2D eigenvalue weighted by Gasteiger charge is 2.14. The van der Waals surface area contributed by atoms with Gasteiger partial charge in [0.15, 0.2) is 0 Å². The number of hydrogen-bond acceptors (Lipinski definition) is 2. The number of carbonyl (C=O) groups excluding carboxylic acids is 1. The molecule has 0 aliphatic rings. The lowest BCUT2D eigenvalue weighted by molar-refractivity contribution is -0.137. The molecule has 0 heterocycles. The van der Waals surface area contributed by atoms with Gasteiger partial charge in [-0.2, -0.15) is 0 Å². The second-order valence-corrected chi connectivity index (χ2v) is 4.36. The largest absolute Gasteiger partial charge is 0.480 e. The summed E-state index contributed by atoms with van der Waals surface area (Å²) in [6.45, 7) is 2.01. The summed E-state index contributed by atoms with van der Waals surface area (Å²) in [4.78, 5) is 23.5. The number of carbonyl (C=O) groups is 2. The predicted molar refractivity (Wildman–Crippen MR) is 76.3 cm³/mol. The summed E-state index contributed by atoms with van der Waals surface area (Å²) in [6, 6.07) is 7.45. The fraction of sp³-hybridized carbons (Fsp3) is 0.333. The minimum Gasteiger partial charge on any atom is -0.480 e. The smallest absolute Gasteiger partial charge is 0.323 e. The third-order valence-corrected chi connectivity index (χ3v) is 2.83. The maximum Gasteiger partial charge on any atom is 0.323 e. The van der Waals surface area contributed by atoms with E-state index in [-0.39, 0.29) is 6.54 Å². The maximum atomic E-state index is 11.8. The summed E-state index contributed by atoms with van der Waals surface area (Å²) in [6.07, 6.45) is 5.81. The summed E-state index contributed by atoms with van der Waals surface area (Å²) in [5.74, 6) is 1.18. The quantitative estimate of drug-likeness (QED) is 0.767. The molecular formula is C15H18N2O3. The Kier molecular flexibility index (Phi) is 6.11. The van der Waals surface area contributed by atoms with Gasteiger partial charge in [-0.3, -0.25) is 4.79 Å². The van der Waals surface area contributed by atoms with E-state index in [0.29, 0.717) is 13.0 Å². The maximum absolute atomic E-state index is 11.8. The van der Waals surface area contributed by atoms with E-state index in [2.05, 4.69) is 11.2 Å².